The van der Waals surface area contributed by atoms with Gasteiger partial charge in [0.25, 0.3) is 10.0 Å². The summed E-state index contributed by atoms with van der Waals surface area (Å²) in [7, 11) is -1.22. The maximum atomic E-state index is 12.2. The normalized spacial score (nSPS) is 11.2. The van der Waals surface area contributed by atoms with Gasteiger partial charge in [0.2, 0.25) is 17.7 Å². The van der Waals surface area contributed by atoms with Crippen molar-refractivity contribution in [1.82, 2.24) is 15.0 Å². The van der Waals surface area contributed by atoms with Crippen LogP contribution in [0.2, 0.25) is 0 Å². The summed E-state index contributed by atoms with van der Waals surface area (Å²) in [6.45, 7) is 1.49. The molecule has 2 aromatic heterocycles. The van der Waals surface area contributed by atoms with Crippen LogP contribution in [-0.4, -0.2) is 37.6 Å². The molecule has 2 rings (SSSR count). The fraction of sp³-hybridized carbons (Fsp3) is 0.300. The number of hydrogen-bond donors (Lipinski definition) is 2. The smallest absolute Gasteiger partial charge is 0.306 e. The number of thiazole rings is 1. The van der Waals surface area contributed by atoms with Crippen LogP contribution in [0.25, 0.3) is 0 Å². The number of anilines is 1. The average Bonchev–Trinajstić information content (AvgIpc) is 2.77. The van der Waals surface area contributed by atoms with Crippen LogP contribution in [0.1, 0.15) is 5.69 Å². The van der Waals surface area contributed by atoms with Crippen molar-refractivity contribution in [1.29, 1.82) is 0 Å². The molecule has 9 nitrogen and oxygen atoms in total. The largest absolute Gasteiger partial charge is 0.481 e. The highest BCUT2D eigenvalue weighted by Crippen LogP contribution is 2.22. The zero-order valence-corrected chi connectivity index (χ0v) is 13.0. The summed E-state index contributed by atoms with van der Waals surface area (Å²) < 4.78 is 36.3. The first kappa shape index (κ1) is 15.3. The topological polar surface area (TPSA) is 123 Å². The Bertz CT molecular complexity index is 789. The minimum atomic E-state index is -3.97. The highest BCUT2D eigenvalue weighted by atomic mass is 32.2. The van der Waals surface area contributed by atoms with E-state index in [1.54, 1.807) is 0 Å². The van der Waals surface area contributed by atoms with Gasteiger partial charge in [0.1, 0.15) is 0 Å². The van der Waals surface area contributed by atoms with Crippen LogP contribution in [0.3, 0.4) is 0 Å². The van der Waals surface area contributed by atoms with Gasteiger partial charge in [-0.1, -0.05) is 11.3 Å². The third-order valence-corrected chi connectivity index (χ3v) is 5.28. The Labute approximate surface area is 124 Å². The number of aryl methyl sites for hydroxylation is 1. The molecule has 2 heterocycles. The minimum Gasteiger partial charge on any atom is -0.481 e. The summed E-state index contributed by atoms with van der Waals surface area (Å²) in [5.74, 6) is 0.0588. The third kappa shape index (κ3) is 3.31. The van der Waals surface area contributed by atoms with Crippen molar-refractivity contribution < 1.29 is 17.9 Å². The number of H-pyrrole nitrogens is 1. The van der Waals surface area contributed by atoms with E-state index in [1.807, 2.05) is 0 Å². The zero-order valence-electron chi connectivity index (χ0n) is 11.3. The second-order valence-corrected chi connectivity index (χ2v) is 6.67. The molecule has 114 valence electrons. The molecule has 2 N–H and O–H groups in total. The molecule has 0 spiro atoms. The second kappa shape index (κ2) is 5.69. The molecular formula is C10H12N4O5S2. The van der Waals surface area contributed by atoms with Crippen LogP contribution < -0.4 is 19.1 Å². The quantitative estimate of drug-likeness (QED) is 0.810. The number of nitrogens with zero attached hydrogens (tertiary/aromatic N) is 2. The number of aromatic nitrogens is 3. The van der Waals surface area contributed by atoms with Crippen molar-refractivity contribution in [3.63, 3.8) is 0 Å². The van der Waals surface area contributed by atoms with E-state index in [0.29, 0.717) is 11.3 Å². The lowest BCUT2D eigenvalue weighted by Gasteiger charge is -2.08. The molecule has 0 radical (unpaired) electrons. The van der Waals surface area contributed by atoms with Gasteiger partial charge in [-0.05, 0) is 6.92 Å². The molecule has 0 aliphatic heterocycles. The van der Waals surface area contributed by atoms with E-state index in [-0.39, 0.29) is 27.6 Å². The standard InChI is InChI=1S/C10H12N4O5S2/c1-5-8(20-10(15)11-5)21(16,17)14-9-12-6(18-2)4-7(13-9)19-3/h4H,1-3H3,(H,11,15)(H,12,13,14). The Morgan fingerprint density at radius 3 is 2.24 bits per heavy atom. The van der Waals surface area contributed by atoms with E-state index >= 15 is 0 Å². The average molecular weight is 332 g/mol. The second-order valence-electron chi connectivity index (χ2n) is 3.81. The number of hydrogen-bond acceptors (Lipinski definition) is 8. The summed E-state index contributed by atoms with van der Waals surface area (Å²) >= 11 is 0.581. The summed E-state index contributed by atoms with van der Waals surface area (Å²) in [4.78, 5) is 20.9. The number of nitrogens with one attached hydrogen (secondary N) is 2. The molecule has 0 aliphatic carbocycles. The first-order valence-electron chi connectivity index (χ1n) is 5.55. The zero-order chi connectivity index (χ0) is 15.6. The lowest BCUT2D eigenvalue weighted by Crippen LogP contribution is -2.15. The van der Waals surface area contributed by atoms with Crippen molar-refractivity contribution >= 4 is 27.3 Å². The monoisotopic (exact) mass is 332 g/mol. The Morgan fingerprint density at radius 2 is 1.81 bits per heavy atom. The summed E-state index contributed by atoms with van der Waals surface area (Å²) in [6.07, 6.45) is 0. The molecule has 0 amide bonds. The van der Waals surface area contributed by atoms with Gasteiger partial charge in [-0.3, -0.25) is 4.79 Å². The summed E-state index contributed by atoms with van der Waals surface area (Å²) in [5, 5.41) is 0. The molecule has 0 aromatic carbocycles. The van der Waals surface area contributed by atoms with Crippen LogP contribution in [0.4, 0.5) is 5.95 Å². The van der Waals surface area contributed by atoms with Crippen molar-refractivity contribution in [3.05, 3.63) is 21.4 Å². The molecule has 0 unspecified atom stereocenters. The van der Waals surface area contributed by atoms with E-state index in [9.17, 15) is 13.2 Å². The van der Waals surface area contributed by atoms with Crippen LogP contribution in [0.15, 0.2) is 15.1 Å². The van der Waals surface area contributed by atoms with E-state index < -0.39 is 14.9 Å². The lowest BCUT2D eigenvalue weighted by molar-refractivity contribution is 0.373. The van der Waals surface area contributed by atoms with Gasteiger partial charge >= 0.3 is 4.87 Å². The van der Waals surface area contributed by atoms with Gasteiger partial charge < -0.3 is 14.5 Å². The first-order valence-corrected chi connectivity index (χ1v) is 7.85. The molecule has 11 heteroatoms. The van der Waals surface area contributed by atoms with Crippen molar-refractivity contribution in [2.75, 3.05) is 18.9 Å². The molecule has 0 aliphatic rings. The molecule has 0 atom stereocenters. The number of rotatable bonds is 5. The first-order chi connectivity index (χ1) is 9.85. The van der Waals surface area contributed by atoms with Gasteiger partial charge in [0.05, 0.1) is 20.3 Å². The minimum absolute atomic E-state index is 0.127. The summed E-state index contributed by atoms with van der Waals surface area (Å²) in [5.41, 5.74) is 0.243. The fourth-order valence-corrected chi connectivity index (χ4v) is 3.72. The van der Waals surface area contributed by atoms with Gasteiger partial charge in [0, 0.05) is 5.69 Å². The molecule has 2 aromatic rings. The van der Waals surface area contributed by atoms with Crippen LogP contribution in [-0.2, 0) is 10.0 Å². The fourth-order valence-electron chi connectivity index (χ4n) is 1.47. The predicted molar refractivity (Wildman–Crippen MR) is 75.6 cm³/mol. The molecule has 0 fully saturated rings. The maximum absolute atomic E-state index is 12.2. The van der Waals surface area contributed by atoms with Crippen molar-refractivity contribution in [2.45, 2.75) is 11.1 Å². The SMILES string of the molecule is COc1cc(OC)nc(NS(=O)(=O)c2sc(=O)[nH]c2C)n1. The lowest BCUT2D eigenvalue weighted by atomic mass is 10.6. The van der Waals surface area contributed by atoms with E-state index in [0.717, 1.165) is 0 Å². The van der Waals surface area contributed by atoms with Crippen LogP contribution in [0, 0.1) is 6.92 Å². The maximum Gasteiger partial charge on any atom is 0.306 e. The number of ether oxygens (including phenoxy) is 2. The third-order valence-electron chi connectivity index (χ3n) is 2.35. The van der Waals surface area contributed by atoms with Crippen LogP contribution >= 0.6 is 11.3 Å². The van der Waals surface area contributed by atoms with Gasteiger partial charge in [-0.25, -0.2) is 13.1 Å². The molecular weight excluding hydrogens is 320 g/mol. The molecule has 0 saturated heterocycles. The Kier molecular flexibility index (Phi) is 4.14. The molecule has 21 heavy (non-hydrogen) atoms. The number of sulfonamides is 1. The van der Waals surface area contributed by atoms with E-state index in [4.69, 9.17) is 9.47 Å². The van der Waals surface area contributed by atoms with Crippen LogP contribution in [0.5, 0.6) is 11.8 Å². The number of aromatic amines is 1. The highest BCUT2D eigenvalue weighted by Gasteiger charge is 2.22. The van der Waals surface area contributed by atoms with Crippen molar-refractivity contribution in [3.8, 4) is 11.8 Å². The van der Waals surface area contributed by atoms with Gasteiger partial charge in [0.15, 0.2) is 4.21 Å². The summed E-state index contributed by atoms with van der Waals surface area (Å²) in [6, 6.07) is 1.40. The van der Waals surface area contributed by atoms with E-state index in [2.05, 4.69) is 19.7 Å². The van der Waals surface area contributed by atoms with Gasteiger partial charge in [-0.2, -0.15) is 9.97 Å². The van der Waals surface area contributed by atoms with E-state index in [1.165, 1.54) is 27.2 Å². The Morgan fingerprint density at radius 1 is 1.24 bits per heavy atom. The Balaban J connectivity index is 2.41. The van der Waals surface area contributed by atoms with Crippen molar-refractivity contribution in [2.24, 2.45) is 0 Å². The number of methoxy groups -OCH3 is 2. The molecule has 0 bridgehead atoms. The highest BCUT2D eigenvalue weighted by molar-refractivity contribution is 7.94. The van der Waals surface area contributed by atoms with Gasteiger partial charge in [-0.15, -0.1) is 0 Å². The molecule has 0 saturated carbocycles. The predicted octanol–water partition coefficient (Wildman–Crippen LogP) is 0.353. The Hall–Kier alpha value is -2.14.